The molecule has 0 radical (unpaired) electrons. The van der Waals surface area contributed by atoms with Crippen LogP contribution in [0.5, 0.6) is 0 Å². The largest absolute Gasteiger partial charge is 0.285 e. The molecule has 0 amide bonds. The predicted octanol–water partition coefficient (Wildman–Crippen LogP) is 4.72. The summed E-state index contributed by atoms with van der Waals surface area (Å²) in [5.74, 6) is -0.880. The lowest BCUT2D eigenvalue weighted by Crippen LogP contribution is -2.23. The number of fused-ring (bicyclic) bond motifs is 1. The molecule has 0 saturated carbocycles. The van der Waals surface area contributed by atoms with Crippen LogP contribution in [0.3, 0.4) is 0 Å². The van der Waals surface area contributed by atoms with Gasteiger partial charge in [0, 0.05) is 16.7 Å². The van der Waals surface area contributed by atoms with E-state index < -0.39 is 11.6 Å². The molecule has 3 aromatic carbocycles. The second-order valence-electron chi connectivity index (χ2n) is 6.19. The third-order valence-corrected chi connectivity index (χ3v) is 4.50. The molecule has 2 nitrogen and oxygen atoms in total. The van der Waals surface area contributed by atoms with E-state index in [0.717, 1.165) is 27.8 Å². The number of rotatable bonds is 2. The highest BCUT2D eigenvalue weighted by atomic mass is 16.2. The van der Waals surface area contributed by atoms with Gasteiger partial charge in [-0.2, -0.15) is 0 Å². The van der Waals surface area contributed by atoms with Gasteiger partial charge in [0.25, 0.3) is 0 Å². The Kier molecular flexibility index (Phi) is 3.66. The molecular weight excluding hydrogens is 308 g/mol. The topological polar surface area (TPSA) is 34.1 Å². The Balaban J connectivity index is 2.13. The highest BCUT2D eigenvalue weighted by molar-refractivity contribution is 6.63. The molecule has 0 spiro atoms. The molecule has 4 rings (SSSR count). The predicted molar refractivity (Wildman–Crippen MR) is 99.3 cm³/mol. The van der Waals surface area contributed by atoms with Gasteiger partial charge < -0.3 is 0 Å². The minimum atomic E-state index is -0.443. The zero-order valence-electron chi connectivity index (χ0n) is 13.8. The monoisotopic (exact) mass is 324 g/mol. The number of aryl methyl sites for hydroxylation is 1. The van der Waals surface area contributed by atoms with Crippen LogP contribution in [-0.4, -0.2) is 11.6 Å². The van der Waals surface area contributed by atoms with Crippen molar-refractivity contribution in [3.8, 4) is 0 Å². The lowest BCUT2D eigenvalue weighted by molar-refractivity contribution is -0.110. The third kappa shape index (κ3) is 2.52. The van der Waals surface area contributed by atoms with Gasteiger partial charge in [0.2, 0.25) is 11.6 Å². The van der Waals surface area contributed by atoms with Crippen LogP contribution < -0.4 is 0 Å². The number of carbonyl (C=O) groups excluding carboxylic acids is 2. The maximum atomic E-state index is 12.9. The Labute approximate surface area is 146 Å². The summed E-state index contributed by atoms with van der Waals surface area (Å²) in [5, 5.41) is 0. The number of Topliss-reactive ketones (excluding diaryl/α,β-unsaturated/α-hetero) is 2. The van der Waals surface area contributed by atoms with Crippen LogP contribution in [0.2, 0.25) is 0 Å². The quantitative estimate of drug-likeness (QED) is 0.639. The van der Waals surface area contributed by atoms with Crippen LogP contribution in [-0.2, 0) is 4.79 Å². The molecule has 0 heterocycles. The number of hydrogen-bond acceptors (Lipinski definition) is 2. The van der Waals surface area contributed by atoms with Gasteiger partial charge in [0.1, 0.15) is 0 Å². The van der Waals surface area contributed by atoms with E-state index in [1.54, 1.807) is 6.07 Å². The van der Waals surface area contributed by atoms with Gasteiger partial charge in [-0.25, -0.2) is 0 Å². The normalized spacial score (nSPS) is 13.8. The first-order valence-corrected chi connectivity index (χ1v) is 8.22. The summed E-state index contributed by atoms with van der Waals surface area (Å²) in [7, 11) is 0. The van der Waals surface area contributed by atoms with Gasteiger partial charge >= 0.3 is 0 Å². The highest BCUT2D eigenvalue weighted by Crippen LogP contribution is 2.39. The Bertz CT molecular complexity index is 1010. The Morgan fingerprint density at radius 3 is 1.72 bits per heavy atom. The molecule has 120 valence electrons. The number of hydrogen-bond donors (Lipinski definition) is 0. The molecule has 25 heavy (non-hydrogen) atoms. The van der Waals surface area contributed by atoms with Crippen LogP contribution in [0.15, 0.2) is 78.9 Å². The van der Waals surface area contributed by atoms with Gasteiger partial charge in [0.15, 0.2) is 0 Å². The lowest BCUT2D eigenvalue weighted by atomic mass is 9.78. The molecule has 0 aliphatic heterocycles. The van der Waals surface area contributed by atoms with Crippen LogP contribution in [0.4, 0.5) is 0 Å². The second kappa shape index (κ2) is 5.99. The zero-order valence-corrected chi connectivity index (χ0v) is 13.8. The highest BCUT2D eigenvalue weighted by Gasteiger charge is 2.33. The van der Waals surface area contributed by atoms with Crippen molar-refractivity contribution >= 4 is 22.7 Å². The molecular formula is C23H16O2. The summed E-state index contributed by atoms with van der Waals surface area (Å²) >= 11 is 0. The Hall–Kier alpha value is -3.26. The van der Waals surface area contributed by atoms with E-state index in [1.807, 2.05) is 79.7 Å². The average molecular weight is 324 g/mol. The molecule has 3 aromatic rings. The molecule has 0 unspecified atom stereocenters. The third-order valence-electron chi connectivity index (χ3n) is 4.50. The maximum Gasteiger partial charge on any atom is 0.234 e. The van der Waals surface area contributed by atoms with E-state index in [0.29, 0.717) is 11.1 Å². The first-order valence-electron chi connectivity index (χ1n) is 8.22. The van der Waals surface area contributed by atoms with Crippen molar-refractivity contribution in [3.05, 3.63) is 107 Å². The van der Waals surface area contributed by atoms with E-state index in [4.69, 9.17) is 0 Å². The van der Waals surface area contributed by atoms with Crippen molar-refractivity contribution in [1.82, 2.24) is 0 Å². The standard InChI is InChI=1S/C23H16O2/c1-15-12-13-18-19(14-15)20(16-8-4-2-5-9-16)21(23(25)22(18)24)17-10-6-3-7-11-17/h2-14H,1H3. The molecule has 0 bridgehead atoms. The van der Waals surface area contributed by atoms with Crippen LogP contribution in [0.25, 0.3) is 11.1 Å². The van der Waals surface area contributed by atoms with Crippen LogP contribution >= 0.6 is 0 Å². The number of carbonyl (C=O) groups is 2. The van der Waals surface area contributed by atoms with E-state index in [9.17, 15) is 9.59 Å². The molecule has 1 aliphatic carbocycles. The number of allylic oxidation sites excluding steroid dienone is 1. The number of benzene rings is 3. The van der Waals surface area contributed by atoms with Crippen molar-refractivity contribution in [2.24, 2.45) is 0 Å². The molecule has 0 atom stereocenters. The summed E-state index contributed by atoms with van der Waals surface area (Å²) in [5.41, 5.74) is 5.39. The van der Waals surface area contributed by atoms with E-state index in [-0.39, 0.29) is 0 Å². The first kappa shape index (κ1) is 15.3. The minimum Gasteiger partial charge on any atom is -0.285 e. The molecule has 0 saturated heterocycles. The number of ketones is 2. The summed E-state index contributed by atoms with van der Waals surface area (Å²) in [6.45, 7) is 1.99. The van der Waals surface area contributed by atoms with E-state index >= 15 is 0 Å². The smallest absolute Gasteiger partial charge is 0.234 e. The van der Waals surface area contributed by atoms with Gasteiger partial charge in [-0.15, -0.1) is 0 Å². The van der Waals surface area contributed by atoms with Gasteiger partial charge in [-0.3, -0.25) is 9.59 Å². The van der Waals surface area contributed by atoms with E-state index in [1.165, 1.54) is 0 Å². The van der Waals surface area contributed by atoms with Crippen LogP contribution in [0, 0.1) is 6.92 Å². The maximum absolute atomic E-state index is 12.9. The van der Waals surface area contributed by atoms with Crippen molar-refractivity contribution in [2.75, 3.05) is 0 Å². The molecule has 0 N–H and O–H groups in total. The fraction of sp³-hybridized carbons (Fsp3) is 0.0435. The SMILES string of the molecule is Cc1ccc2c(c1)C(c1ccccc1)=C(c1ccccc1)C(=O)C2=O. The van der Waals surface area contributed by atoms with Crippen molar-refractivity contribution in [2.45, 2.75) is 6.92 Å². The molecule has 1 aliphatic rings. The van der Waals surface area contributed by atoms with Crippen LogP contribution in [0.1, 0.15) is 32.6 Å². The molecule has 0 fully saturated rings. The van der Waals surface area contributed by atoms with Gasteiger partial charge in [0.05, 0.1) is 0 Å². The summed E-state index contributed by atoms with van der Waals surface area (Å²) in [4.78, 5) is 25.7. The van der Waals surface area contributed by atoms with Gasteiger partial charge in [-0.05, 0) is 23.6 Å². The van der Waals surface area contributed by atoms with Gasteiger partial charge in [-0.1, -0.05) is 84.4 Å². The fourth-order valence-electron chi connectivity index (χ4n) is 3.33. The fourth-order valence-corrected chi connectivity index (χ4v) is 3.33. The lowest BCUT2D eigenvalue weighted by Gasteiger charge is -2.23. The first-order chi connectivity index (χ1) is 12.2. The molecule has 2 heteroatoms. The van der Waals surface area contributed by atoms with Crippen molar-refractivity contribution in [1.29, 1.82) is 0 Å². The van der Waals surface area contributed by atoms with Crippen molar-refractivity contribution in [3.63, 3.8) is 0 Å². The summed E-state index contributed by atoms with van der Waals surface area (Å²) < 4.78 is 0. The Morgan fingerprint density at radius 2 is 1.12 bits per heavy atom. The van der Waals surface area contributed by atoms with E-state index in [2.05, 4.69) is 0 Å². The van der Waals surface area contributed by atoms with Crippen molar-refractivity contribution < 1.29 is 9.59 Å². The molecule has 0 aromatic heterocycles. The average Bonchev–Trinajstić information content (AvgIpc) is 2.65. The second-order valence-corrected chi connectivity index (χ2v) is 6.19. The summed E-state index contributed by atoms with van der Waals surface area (Å²) in [6.07, 6.45) is 0. The zero-order chi connectivity index (χ0) is 17.4. The Morgan fingerprint density at radius 1 is 0.560 bits per heavy atom. The minimum absolute atomic E-state index is 0.437. The summed E-state index contributed by atoms with van der Waals surface area (Å²) in [6, 6.07) is 24.8.